The standard InChI is InChI=1S/C14H19N5O/c1-18(2)14(20)8-11-4-6-12(7-5-11)15-9-13-10-16-17-19(13)3/h4-7,10,15H,8-9H2,1-3H3. The number of rotatable bonds is 5. The molecule has 0 atom stereocenters. The van der Waals surface area contributed by atoms with E-state index in [9.17, 15) is 4.79 Å². The number of likely N-dealkylation sites (N-methyl/N-ethyl adjacent to an activating group) is 1. The first-order valence-electron chi connectivity index (χ1n) is 6.43. The van der Waals surface area contributed by atoms with Crippen LogP contribution in [0, 0.1) is 0 Å². The number of hydrogen-bond donors (Lipinski definition) is 1. The van der Waals surface area contributed by atoms with Crippen molar-refractivity contribution >= 4 is 11.6 Å². The summed E-state index contributed by atoms with van der Waals surface area (Å²) in [5.74, 6) is 0.103. The zero-order chi connectivity index (χ0) is 14.5. The lowest BCUT2D eigenvalue weighted by atomic mass is 10.1. The third kappa shape index (κ3) is 3.57. The highest BCUT2D eigenvalue weighted by molar-refractivity contribution is 5.78. The van der Waals surface area contributed by atoms with Gasteiger partial charge < -0.3 is 10.2 Å². The fourth-order valence-electron chi connectivity index (χ4n) is 1.74. The number of aromatic nitrogens is 3. The minimum absolute atomic E-state index is 0.103. The van der Waals surface area contributed by atoms with Crippen LogP contribution in [0.15, 0.2) is 30.5 Å². The Morgan fingerprint density at radius 1 is 1.30 bits per heavy atom. The third-order valence-corrected chi connectivity index (χ3v) is 3.09. The number of carbonyl (C=O) groups excluding carboxylic acids is 1. The molecule has 1 heterocycles. The van der Waals surface area contributed by atoms with Gasteiger partial charge in [0.25, 0.3) is 0 Å². The third-order valence-electron chi connectivity index (χ3n) is 3.09. The SMILES string of the molecule is CN(C)C(=O)Cc1ccc(NCc2cnnn2C)cc1. The largest absolute Gasteiger partial charge is 0.379 e. The minimum atomic E-state index is 0.103. The summed E-state index contributed by atoms with van der Waals surface area (Å²) >= 11 is 0. The molecule has 20 heavy (non-hydrogen) atoms. The molecule has 0 fully saturated rings. The van der Waals surface area contributed by atoms with Crippen molar-refractivity contribution in [2.24, 2.45) is 7.05 Å². The Bertz CT molecular complexity index is 574. The first-order chi connectivity index (χ1) is 9.56. The fourth-order valence-corrected chi connectivity index (χ4v) is 1.74. The van der Waals surface area contributed by atoms with Crippen molar-refractivity contribution in [3.8, 4) is 0 Å². The number of hydrogen-bond acceptors (Lipinski definition) is 4. The Balaban J connectivity index is 1.91. The molecule has 0 aliphatic carbocycles. The van der Waals surface area contributed by atoms with Crippen LogP contribution in [-0.4, -0.2) is 39.9 Å². The van der Waals surface area contributed by atoms with Crippen molar-refractivity contribution in [3.63, 3.8) is 0 Å². The van der Waals surface area contributed by atoms with E-state index in [0.717, 1.165) is 16.9 Å². The first-order valence-corrected chi connectivity index (χ1v) is 6.43. The Hall–Kier alpha value is -2.37. The number of anilines is 1. The van der Waals surface area contributed by atoms with E-state index in [1.165, 1.54) is 0 Å². The van der Waals surface area contributed by atoms with Gasteiger partial charge in [0, 0.05) is 26.8 Å². The predicted octanol–water partition coefficient (Wildman–Crippen LogP) is 1.06. The molecule has 106 valence electrons. The maximum atomic E-state index is 11.6. The lowest BCUT2D eigenvalue weighted by molar-refractivity contribution is -0.127. The lowest BCUT2D eigenvalue weighted by Gasteiger charge is -2.11. The Morgan fingerprint density at radius 2 is 2.00 bits per heavy atom. The van der Waals surface area contributed by atoms with Gasteiger partial charge in [-0.25, -0.2) is 0 Å². The average Bonchev–Trinajstić information content (AvgIpc) is 2.83. The molecule has 6 heteroatoms. The van der Waals surface area contributed by atoms with E-state index in [1.54, 1.807) is 29.9 Å². The molecule has 0 unspecified atom stereocenters. The summed E-state index contributed by atoms with van der Waals surface area (Å²) in [5, 5.41) is 11.0. The second-order valence-electron chi connectivity index (χ2n) is 4.86. The minimum Gasteiger partial charge on any atom is -0.379 e. The number of aryl methyl sites for hydroxylation is 1. The van der Waals surface area contributed by atoms with Crippen LogP contribution >= 0.6 is 0 Å². The molecule has 1 aromatic carbocycles. The summed E-state index contributed by atoms with van der Waals surface area (Å²) in [6.07, 6.45) is 2.16. The van der Waals surface area contributed by atoms with Gasteiger partial charge in [-0.2, -0.15) is 0 Å². The van der Waals surface area contributed by atoms with Crippen molar-refractivity contribution in [1.29, 1.82) is 0 Å². The molecular weight excluding hydrogens is 254 g/mol. The van der Waals surface area contributed by atoms with Crippen LogP contribution in [0.4, 0.5) is 5.69 Å². The summed E-state index contributed by atoms with van der Waals surface area (Å²) in [6, 6.07) is 7.88. The molecule has 0 aliphatic heterocycles. The van der Waals surface area contributed by atoms with Crippen molar-refractivity contribution in [1.82, 2.24) is 19.9 Å². The van der Waals surface area contributed by atoms with Gasteiger partial charge in [0.1, 0.15) is 0 Å². The Morgan fingerprint density at radius 3 is 2.55 bits per heavy atom. The van der Waals surface area contributed by atoms with Crippen LogP contribution in [0.2, 0.25) is 0 Å². The molecule has 6 nitrogen and oxygen atoms in total. The molecule has 0 aliphatic rings. The monoisotopic (exact) mass is 273 g/mol. The van der Waals surface area contributed by atoms with Gasteiger partial charge >= 0.3 is 0 Å². The van der Waals surface area contributed by atoms with Gasteiger partial charge in [0.15, 0.2) is 0 Å². The highest BCUT2D eigenvalue weighted by Crippen LogP contribution is 2.11. The number of nitrogens with zero attached hydrogens (tertiary/aromatic N) is 4. The zero-order valence-corrected chi connectivity index (χ0v) is 12.0. The molecule has 0 saturated heterocycles. The topological polar surface area (TPSA) is 63.1 Å². The van der Waals surface area contributed by atoms with E-state index in [1.807, 2.05) is 31.3 Å². The van der Waals surface area contributed by atoms with E-state index >= 15 is 0 Å². The van der Waals surface area contributed by atoms with E-state index in [4.69, 9.17) is 0 Å². The van der Waals surface area contributed by atoms with Crippen molar-refractivity contribution in [2.75, 3.05) is 19.4 Å². The Kier molecular flexibility index (Phi) is 4.34. The molecule has 0 spiro atoms. The zero-order valence-electron chi connectivity index (χ0n) is 12.0. The molecule has 0 saturated carbocycles. The molecule has 0 radical (unpaired) electrons. The Labute approximate surface area is 118 Å². The van der Waals surface area contributed by atoms with Crippen LogP contribution < -0.4 is 5.32 Å². The number of nitrogens with one attached hydrogen (secondary N) is 1. The first kappa shape index (κ1) is 14.0. The molecule has 2 aromatic rings. The van der Waals surface area contributed by atoms with Gasteiger partial charge in [-0.3, -0.25) is 9.48 Å². The lowest BCUT2D eigenvalue weighted by Crippen LogP contribution is -2.23. The molecule has 1 amide bonds. The summed E-state index contributed by atoms with van der Waals surface area (Å²) in [6.45, 7) is 0.666. The molecule has 2 rings (SSSR count). The normalized spacial score (nSPS) is 10.3. The molecular formula is C14H19N5O. The summed E-state index contributed by atoms with van der Waals surface area (Å²) in [4.78, 5) is 13.2. The maximum Gasteiger partial charge on any atom is 0.226 e. The van der Waals surface area contributed by atoms with Crippen molar-refractivity contribution in [3.05, 3.63) is 41.7 Å². The van der Waals surface area contributed by atoms with Gasteiger partial charge in [0.2, 0.25) is 5.91 Å². The smallest absolute Gasteiger partial charge is 0.226 e. The number of carbonyl (C=O) groups is 1. The van der Waals surface area contributed by atoms with Crippen molar-refractivity contribution < 1.29 is 4.79 Å². The van der Waals surface area contributed by atoms with E-state index in [2.05, 4.69) is 15.6 Å². The quantitative estimate of drug-likeness (QED) is 0.884. The summed E-state index contributed by atoms with van der Waals surface area (Å²) in [5.41, 5.74) is 3.03. The van der Waals surface area contributed by atoms with Crippen molar-refractivity contribution in [2.45, 2.75) is 13.0 Å². The van der Waals surface area contributed by atoms with E-state index < -0.39 is 0 Å². The van der Waals surface area contributed by atoms with Crippen LogP contribution in [0.3, 0.4) is 0 Å². The number of benzene rings is 1. The van der Waals surface area contributed by atoms with Crippen LogP contribution in [0.1, 0.15) is 11.3 Å². The van der Waals surface area contributed by atoms with E-state index in [0.29, 0.717) is 13.0 Å². The molecule has 0 bridgehead atoms. The summed E-state index contributed by atoms with van der Waals surface area (Å²) < 4.78 is 1.73. The fraction of sp³-hybridized carbons (Fsp3) is 0.357. The van der Waals surface area contributed by atoms with Gasteiger partial charge in [-0.1, -0.05) is 17.3 Å². The predicted molar refractivity (Wildman–Crippen MR) is 77.2 cm³/mol. The van der Waals surface area contributed by atoms with Crippen LogP contribution in [0.25, 0.3) is 0 Å². The second-order valence-corrected chi connectivity index (χ2v) is 4.86. The van der Waals surface area contributed by atoms with Gasteiger partial charge in [-0.05, 0) is 17.7 Å². The van der Waals surface area contributed by atoms with Gasteiger partial charge in [-0.15, -0.1) is 5.10 Å². The molecule has 1 aromatic heterocycles. The van der Waals surface area contributed by atoms with Crippen LogP contribution in [0.5, 0.6) is 0 Å². The van der Waals surface area contributed by atoms with E-state index in [-0.39, 0.29) is 5.91 Å². The second kappa shape index (κ2) is 6.18. The molecule has 1 N–H and O–H groups in total. The number of amides is 1. The summed E-state index contributed by atoms with van der Waals surface area (Å²) in [7, 11) is 5.39. The average molecular weight is 273 g/mol. The maximum absolute atomic E-state index is 11.6. The van der Waals surface area contributed by atoms with Crippen LogP contribution in [-0.2, 0) is 24.8 Å². The van der Waals surface area contributed by atoms with Gasteiger partial charge in [0.05, 0.1) is 24.9 Å². The highest BCUT2D eigenvalue weighted by atomic mass is 16.2. The highest BCUT2D eigenvalue weighted by Gasteiger charge is 2.05.